The van der Waals surface area contributed by atoms with E-state index in [0.717, 1.165) is 0 Å². The Morgan fingerprint density at radius 1 is 0.633 bits per heavy atom. The second-order valence-corrected chi connectivity index (χ2v) is 7.42. The molecule has 0 amide bonds. The first-order chi connectivity index (χ1) is 13.7. The molecule has 0 fully saturated rings. The highest BCUT2D eigenvalue weighted by Crippen LogP contribution is 2.18. The largest absolute Gasteiger partial charge is 0.460 e. The number of carbonyl (C=O) groups is 4. The molecule has 0 aromatic heterocycles. The van der Waals surface area contributed by atoms with Gasteiger partial charge >= 0.3 is 23.9 Å². The lowest BCUT2D eigenvalue weighted by molar-refractivity contribution is -0.155. The second-order valence-electron chi connectivity index (χ2n) is 7.42. The van der Waals surface area contributed by atoms with Crippen LogP contribution in [0.2, 0.25) is 0 Å². The Labute approximate surface area is 176 Å². The van der Waals surface area contributed by atoms with Crippen molar-refractivity contribution >= 4 is 23.9 Å². The van der Waals surface area contributed by atoms with Crippen molar-refractivity contribution in [2.45, 2.75) is 52.6 Å². The first kappa shape index (κ1) is 27.0. The van der Waals surface area contributed by atoms with Gasteiger partial charge in [-0.1, -0.05) is 13.2 Å². The van der Waals surface area contributed by atoms with Crippen LogP contribution in [0.3, 0.4) is 0 Å². The van der Waals surface area contributed by atoms with Gasteiger partial charge in [0.2, 0.25) is 0 Å². The molecule has 168 valence electrons. The fourth-order valence-corrected chi connectivity index (χ4v) is 1.47. The van der Waals surface area contributed by atoms with Crippen LogP contribution in [-0.4, -0.2) is 61.4 Å². The van der Waals surface area contributed by atoms with E-state index in [1.165, 1.54) is 41.5 Å². The number of nitrogens with zero attached hydrogens (tertiary/aromatic N) is 2. The monoisotopic (exact) mass is 426 g/mol. The van der Waals surface area contributed by atoms with Crippen molar-refractivity contribution in [2.24, 2.45) is 10.2 Å². The SMILES string of the molecule is C=C(C)C(=O)OCCOC(=O)C(C)(C)N=NC(C)(C)C(=O)OCCOC(=O)C(=C)C. The molecule has 0 unspecified atom stereocenters. The number of azo groups is 1. The minimum atomic E-state index is -1.38. The fourth-order valence-electron chi connectivity index (χ4n) is 1.47. The summed E-state index contributed by atoms with van der Waals surface area (Å²) in [5.74, 6) is -2.60. The number of esters is 4. The van der Waals surface area contributed by atoms with Gasteiger partial charge in [0.25, 0.3) is 0 Å². The zero-order chi connectivity index (χ0) is 23.5. The van der Waals surface area contributed by atoms with E-state index in [9.17, 15) is 19.2 Å². The minimum absolute atomic E-state index is 0.127. The normalized spacial score (nSPS) is 11.5. The first-order valence-corrected chi connectivity index (χ1v) is 9.14. The maximum Gasteiger partial charge on any atom is 0.335 e. The molecule has 0 saturated heterocycles. The van der Waals surface area contributed by atoms with Gasteiger partial charge in [0, 0.05) is 11.1 Å². The molecule has 0 N–H and O–H groups in total. The van der Waals surface area contributed by atoms with Gasteiger partial charge in [-0.3, -0.25) is 0 Å². The van der Waals surface area contributed by atoms with Crippen molar-refractivity contribution in [3.63, 3.8) is 0 Å². The summed E-state index contributed by atoms with van der Waals surface area (Å²) < 4.78 is 19.7. The molecule has 0 aliphatic carbocycles. The highest BCUT2D eigenvalue weighted by molar-refractivity contribution is 5.87. The number of rotatable bonds is 12. The standard InChI is InChI=1S/C20H30N2O8/c1-13(2)15(23)27-9-11-29-17(25)19(5,6)21-22-20(7,8)18(26)30-12-10-28-16(24)14(3)4/h1,3,9-12H2,2,4-8H3. The topological polar surface area (TPSA) is 130 Å². The maximum absolute atomic E-state index is 12.2. The van der Waals surface area contributed by atoms with E-state index in [0.29, 0.717) is 0 Å². The van der Waals surface area contributed by atoms with E-state index < -0.39 is 35.0 Å². The number of ether oxygens (including phenoxy) is 4. The highest BCUT2D eigenvalue weighted by atomic mass is 16.6. The van der Waals surface area contributed by atoms with Crippen LogP contribution in [0.1, 0.15) is 41.5 Å². The lowest BCUT2D eigenvalue weighted by Crippen LogP contribution is -2.36. The third-order valence-electron chi connectivity index (χ3n) is 3.35. The van der Waals surface area contributed by atoms with E-state index in [1.807, 2.05) is 0 Å². The lowest BCUT2D eigenvalue weighted by atomic mass is 10.1. The van der Waals surface area contributed by atoms with E-state index in [2.05, 4.69) is 23.4 Å². The number of carbonyl (C=O) groups excluding carboxylic acids is 4. The molecular weight excluding hydrogens is 396 g/mol. The molecule has 10 heteroatoms. The molecule has 0 radical (unpaired) electrons. The van der Waals surface area contributed by atoms with Gasteiger partial charge in [-0.15, -0.1) is 0 Å². The summed E-state index contributed by atoms with van der Waals surface area (Å²) in [6.45, 7) is 15.1. The van der Waals surface area contributed by atoms with Gasteiger partial charge in [0.15, 0.2) is 11.1 Å². The van der Waals surface area contributed by atoms with Crippen LogP contribution in [0, 0.1) is 0 Å². The quantitative estimate of drug-likeness (QED) is 0.153. The number of hydrogen-bond acceptors (Lipinski definition) is 10. The van der Waals surface area contributed by atoms with Crippen LogP contribution >= 0.6 is 0 Å². The minimum Gasteiger partial charge on any atom is -0.460 e. The summed E-state index contributed by atoms with van der Waals surface area (Å²) in [5.41, 5.74) is -2.29. The molecule has 0 atom stereocenters. The second kappa shape index (κ2) is 11.8. The molecular formula is C20H30N2O8. The van der Waals surface area contributed by atoms with Crippen LogP contribution in [0.25, 0.3) is 0 Å². The Morgan fingerprint density at radius 2 is 0.900 bits per heavy atom. The van der Waals surface area contributed by atoms with E-state index >= 15 is 0 Å². The van der Waals surface area contributed by atoms with Crippen molar-refractivity contribution in [1.82, 2.24) is 0 Å². The molecule has 0 spiro atoms. The summed E-state index contributed by atoms with van der Waals surface area (Å²) in [6, 6.07) is 0. The molecule has 10 nitrogen and oxygen atoms in total. The zero-order valence-corrected chi connectivity index (χ0v) is 18.4. The molecule has 0 aliphatic rings. The average Bonchev–Trinajstić information content (AvgIpc) is 2.65. The zero-order valence-electron chi connectivity index (χ0n) is 18.4. The molecule has 0 rings (SSSR count). The van der Waals surface area contributed by atoms with Crippen molar-refractivity contribution in [3.05, 3.63) is 24.3 Å². The van der Waals surface area contributed by atoms with Gasteiger partial charge in [-0.05, 0) is 41.5 Å². The third-order valence-corrected chi connectivity index (χ3v) is 3.35. The Bertz CT molecular complexity index is 662. The van der Waals surface area contributed by atoms with Crippen molar-refractivity contribution < 1.29 is 38.1 Å². The predicted molar refractivity (Wildman–Crippen MR) is 106 cm³/mol. The van der Waals surface area contributed by atoms with Gasteiger partial charge in [0.05, 0.1) is 0 Å². The van der Waals surface area contributed by atoms with Crippen LogP contribution in [0.15, 0.2) is 34.5 Å². The van der Waals surface area contributed by atoms with Crippen molar-refractivity contribution in [3.8, 4) is 0 Å². The van der Waals surface area contributed by atoms with E-state index in [1.54, 1.807) is 0 Å². The summed E-state index contributed by atoms with van der Waals surface area (Å²) in [5, 5.41) is 7.80. The van der Waals surface area contributed by atoms with Gasteiger partial charge < -0.3 is 18.9 Å². The molecule has 0 aromatic rings. The van der Waals surface area contributed by atoms with E-state index in [-0.39, 0.29) is 37.6 Å². The Balaban J connectivity index is 4.57. The molecule has 30 heavy (non-hydrogen) atoms. The molecule has 0 aromatic carbocycles. The Hall–Kier alpha value is -3.04. The molecule has 0 heterocycles. The van der Waals surface area contributed by atoms with Crippen LogP contribution in [-0.2, 0) is 38.1 Å². The molecule has 0 aliphatic heterocycles. The molecule has 0 saturated carbocycles. The Kier molecular flexibility index (Phi) is 10.6. The summed E-state index contributed by atoms with van der Waals surface area (Å²) in [7, 11) is 0. The van der Waals surface area contributed by atoms with Gasteiger partial charge in [0.1, 0.15) is 26.4 Å². The van der Waals surface area contributed by atoms with Crippen LogP contribution in [0.4, 0.5) is 0 Å². The van der Waals surface area contributed by atoms with Crippen molar-refractivity contribution in [2.75, 3.05) is 26.4 Å². The van der Waals surface area contributed by atoms with E-state index in [4.69, 9.17) is 18.9 Å². The Morgan fingerprint density at radius 3 is 1.17 bits per heavy atom. The third kappa shape index (κ3) is 9.94. The van der Waals surface area contributed by atoms with Gasteiger partial charge in [-0.2, -0.15) is 10.2 Å². The number of hydrogen-bond donors (Lipinski definition) is 0. The lowest BCUT2D eigenvalue weighted by Gasteiger charge is -2.21. The highest BCUT2D eigenvalue weighted by Gasteiger charge is 2.34. The smallest absolute Gasteiger partial charge is 0.335 e. The average molecular weight is 426 g/mol. The van der Waals surface area contributed by atoms with Crippen LogP contribution < -0.4 is 0 Å². The summed E-state index contributed by atoms with van der Waals surface area (Å²) >= 11 is 0. The summed E-state index contributed by atoms with van der Waals surface area (Å²) in [4.78, 5) is 46.8. The molecule has 0 bridgehead atoms. The first-order valence-electron chi connectivity index (χ1n) is 9.14. The van der Waals surface area contributed by atoms with Gasteiger partial charge in [-0.25, -0.2) is 19.2 Å². The maximum atomic E-state index is 12.2. The predicted octanol–water partition coefficient (Wildman–Crippen LogP) is 2.32. The fraction of sp³-hybridized carbons (Fsp3) is 0.600. The van der Waals surface area contributed by atoms with Crippen molar-refractivity contribution in [1.29, 1.82) is 0 Å². The summed E-state index contributed by atoms with van der Waals surface area (Å²) in [6.07, 6.45) is 0. The van der Waals surface area contributed by atoms with Crippen LogP contribution in [0.5, 0.6) is 0 Å².